The number of hydrogen-bond donors (Lipinski definition) is 1. The summed E-state index contributed by atoms with van der Waals surface area (Å²) in [6.07, 6.45) is 3.83. The molecule has 0 aliphatic carbocycles. The second-order valence-electron chi connectivity index (χ2n) is 6.65. The van der Waals surface area contributed by atoms with Crippen LogP contribution in [-0.2, 0) is 0 Å². The molecule has 132 valence electrons. The topological polar surface area (TPSA) is 45.2 Å². The minimum atomic E-state index is 0.0659. The molecule has 1 amide bonds. The minimum Gasteiger partial charge on any atom is -0.340 e. The van der Waals surface area contributed by atoms with Gasteiger partial charge in [0.15, 0.2) is 0 Å². The first-order chi connectivity index (χ1) is 12.6. The summed E-state index contributed by atoms with van der Waals surface area (Å²) in [6, 6.07) is 13.7. The summed E-state index contributed by atoms with van der Waals surface area (Å²) in [7, 11) is 0. The summed E-state index contributed by atoms with van der Waals surface area (Å²) in [5, 5.41) is 5.88. The number of aromatic nitrogens is 1. The van der Waals surface area contributed by atoms with E-state index in [0.29, 0.717) is 10.6 Å². The molecule has 1 saturated heterocycles. The van der Waals surface area contributed by atoms with Gasteiger partial charge in [0.05, 0.1) is 5.56 Å². The van der Waals surface area contributed by atoms with Crippen LogP contribution in [0.3, 0.4) is 0 Å². The molecular formula is C21H20ClN3O. The minimum absolute atomic E-state index is 0.0659. The van der Waals surface area contributed by atoms with Gasteiger partial charge in [0, 0.05) is 35.4 Å². The first kappa shape index (κ1) is 16.9. The van der Waals surface area contributed by atoms with Crippen molar-refractivity contribution >= 4 is 39.8 Å². The lowest BCUT2D eigenvalue weighted by Crippen LogP contribution is -2.27. The summed E-state index contributed by atoms with van der Waals surface area (Å²) in [5.74, 6) is 0.787. The molecule has 0 spiro atoms. The highest BCUT2D eigenvalue weighted by Crippen LogP contribution is 2.29. The van der Waals surface area contributed by atoms with Gasteiger partial charge in [-0.2, -0.15) is 0 Å². The highest BCUT2D eigenvalue weighted by molar-refractivity contribution is 6.31. The van der Waals surface area contributed by atoms with Crippen molar-refractivity contribution in [1.29, 1.82) is 0 Å². The van der Waals surface area contributed by atoms with Gasteiger partial charge in [0.1, 0.15) is 5.82 Å². The quantitative estimate of drug-likeness (QED) is 0.695. The van der Waals surface area contributed by atoms with Crippen LogP contribution in [0.4, 0.5) is 11.5 Å². The summed E-state index contributed by atoms with van der Waals surface area (Å²) < 4.78 is 0. The summed E-state index contributed by atoms with van der Waals surface area (Å²) >= 11 is 6.23. The van der Waals surface area contributed by atoms with Crippen molar-refractivity contribution in [3.05, 3.63) is 64.8 Å². The van der Waals surface area contributed by atoms with Crippen LogP contribution >= 0.6 is 11.6 Å². The number of anilines is 2. The number of likely N-dealkylation sites (tertiary alicyclic amines) is 1. The molecule has 4 rings (SSSR count). The van der Waals surface area contributed by atoms with E-state index in [0.717, 1.165) is 53.8 Å². The van der Waals surface area contributed by atoms with Gasteiger partial charge in [-0.25, -0.2) is 4.98 Å². The van der Waals surface area contributed by atoms with E-state index in [4.69, 9.17) is 11.6 Å². The molecule has 1 N–H and O–H groups in total. The molecule has 0 bridgehead atoms. The van der Waals surface area contributed by atoms with E-state index in [1.54, 1.807) is 6.20 Å². The Kier molecular flexibility index (Phi) is 4.51. The van der Waals surface area contributed by atoms with Crippen LogP contribution in [0.1, 0.15) is 28.8 Å². The Morgan fingerprint density at radius 1 is 1.12 bits per heavy atom. The van der Waals surface area contributed by atoms with Crippen LogP contribution in [0.15, 0.2) is 48.7 Å². The predicted molar refractivity (Wildman–Crippen MR) is 106 cm³/mol. The normalized spacial score (nSPS) is 14.0. The zero-order valence-corrected chi connectivity index (χ0v) is 15.4. The molecule has 1 aliphatic heterocycles. The second kappa shape index (κ2) is 6.96. The largest absolute Gasteiger partial charge is 0.340 e. The Labute approximate surface area is 157 Å². The number of halogens is 1. The van der Waals surface area contributed by atoms with Gasteiger partial charge < -0.3 is 10.2 Å². The molecule has 2 aromatic carbocycles. The van der Waals surface area contributed by atoms with Gasteiger partial charge in [-0.3, -0.25) is 4.79 Å². The summed E-state index contributed by atoms with van der Waals surface area (Å²) in [5.41, 5.74) is 2.56. The van der Waals surface area contributed by atoms with Crippen molar-refractivity contribution in [3.63, 3.8) is 0 Å². The van der Waals surface area contributed by atoms with Crippen LogP contribution in [0.5, 0.6) is 0 Å². The first-order valence-corrected chi connectivity index (χ1v) is 9.21. The van der Waals surface area contributed by atoms with Crippen molar-refractivity contribution in [3.8, 4) is 0 Å². The number of nitrogens with one attached hydrogen (secondary N) is 1. The van der Waals surface area contributed by atoms with E-state index < -0.39 is 0 Å². The number of amides is 1. The van der Waals surface area contributed by atoms with Crippen molar-refractivity contribution in [1.82, 2.24) is 9.88 Å². The Morgan fingerprint density at radius 3 is 2.58 bits per heavy atom. The number of rotatable bonds is 3. The highest BCUT2D eigenvalue weighted by atomic mass is 35.5. The fourth-order valence-corrected chi connectivity index (χ4v) is 3.54. The number of pyridine rings is 1. The van der Waals surface area contributed by atoms with E-state index in [1.807, 2.05) is 54.3 Å². The molecule has 1 aromatic heterocycles. The maximum absolute atomic E-state index is 12.9. The van der Waals surface area contributed by atoms with Gasteiger partial charge in [0.2, 0.25) is 0 Å². The molecule has 1 aliphatic rings. The van der Waals surface area contributed by atoms with Crippen LogP contribution < -0.4 is 5.32 Å². The SMILES string of the molecule is Cc1ccc(Nc2ncc(C(=O)N3CCCC3)c3ccccc23)cc1Cl. The second-order valence-corrected chi connectivity index (χ2v) is 7.06. The monoisotopic (exact) mass is 365 g/mol. The number of benzene rings is 2. The third kappa shape index (κ3) is 3.13. The molecule has 2 heterocycles. The van der Waals surface area contributed by atoms with Gasteiger partial charge in [0.25, 0.3) is 5.91 Å². The zero-order chi connectivity index (χ0) is 18.1. The molecule has 0 atom stereocenters. The predicted octanol–water partition coefficient (Wildman–Crippen LogP) is 5.18. The van der Waals surface area contributed by atoms with Crippen LogP contribution in [0.25, 0.3) is 10.8 Å². The van der Waals surface area contributed by atoms with Gasteiger partial charge in [-0.05, 0) is 42.8 Å². The average Bonchev–Trinajstić information content (AvgIpc) is 3.19. The smallest absolute Gasteiger partial charge is 0.256 e. The maximum atomic E-state index is 12.9. The lowest BCUT2D eigenvalue weighted by molar-refractivity contribution is 0.0794. The molecule has 0 unspecified atom stereocenters. The number of carbonyl (C=O) groups is 1. The lowest BCUT2D eigenvalue weighted by Gasteiger charge is -2.17. The number of carbonyl (C=O) groups excluding carboxylic acids is 1. The van der Waals surface area contributed by atoms with Crippen LogP contribution in [0, 0.1) is 6.92 Å². The average molecular weight is 366 g/mol. The molecule has 0 saturated carbocycles. The van der Waals surface area contributed by atoms with Crippen molar-refractivity contribution in [2.75, 3.05) is 18.4 Å². The standard InChI is InChI=1S/C21H20ClN3O/c1-14-8-9-15(12-19(14)22)24-20-17-7-3-2-6-16(17)18(13-23-20)21(26)25-10-4-5-11-25/h2-3,6-9,12-13H,4-5,10-11H2,1H3,(H,23,24). The molecular weight excluding hydrogens is 346 g/mol. The van der Waals surface area contributed by atoms with Crippen LogP contribution in [-0.4, -0.2) is 28.9 Å². The Hall–Kier alpha value is -2.59. The Morgan fingerprint density at radius 2 is 1.85 bits per heavy atom. The maximum Gasteiger partial charge on any atom is 0.256 e. The zero-order valence-electron chi connectivity index (χ0n) is 14.6. The fourth-order valence-electron chi connectivity index (χ4n) is 3.36. The van der Waals surface area contributed by atoms with E-state index in [9.17, 15) is 4.79 Å². The van der Waals surface area contributed by atoms with Gasteiger partial charge >= 0.3 is 0 Å². The fraction of sp³-hybridized carbons (Fsp3) is 0.238. The molecule has 1 fully saturated rings. The van der Waals surface area contributed by atoms with Gasteiger partial charge in [-0.1, -0.05) is 41.9 Å². The molecule has 3 aromatic rings. The molecule has 5 heteroatoms. The summed E-state index contributed by atoms with van der Waals surface area (Å²) in [6.45, 7) is 3.63. The number of fused-ring (bicyclic) bond motifs is 1. The van der Waals surface area contributed by atoms with E-state index >= 15 is 0 Å². The molecule has 26 heavy (non-hydrogen) atoms. The third-order valence-electron chi connectivity index (χ3n) is 4.85. The Balaban J connectivity index is 1.74. The number of nitrogens with zero attached hydrogens (tertiary/aromatic N) is 2. The van der Waals surface area contributed by atoms with Crippen molar-refractivity contribution < 1.29 is 4.79 Å². The van der Waals surface area contributed by atoms with Crippen LogP contribution in [0.2, 0.25) is 5.02 Å². The highest BCUT2D eigenvalue weighted by Gasteiger charge is 2.22. The number of hydrogen-bond acceptors (Lipinski definition) is 3. The van der Waals surface area contributed by atoms with E-state index in [2.05, 4.69) is 10.3 Å². The first-order valence-electron chi connectivity index (χ1n) is 8.84. The van der Waals surface area contributed by atoms with Crippen molar-refractivity contribution in [2.45, 2.75) is 19.8 Å². The molecule has 4 nitrogen and oxygen atoms in total. The Bertz CT molecular complexity index is 980. The summed E-state index contributed by atoms with van der Waals surface area (Å²) in [4.78, 5) is 19.3. The lowest BCUT2D eigenvalue weighted by atomic mass is 10.1. The van der Waals surface area contributed by atoms with E-state index in [-0.39, 0.29) is 5.91 Å². The number of aryl methyl sites for hydroxylation is 1. The van der Waals surface area contributed by atoms with Crippen molar-refractivity contribution in [2.24, 2.45) is 0 Å². The third-order valence-corrected chi connectivity index (χ3v) is 5.26. The molecule has 0 radical (unpaired) electrons. The van der Waals surface area contributed by atoms with E-state index in [1.165, 1.54) is 0 Å². The van der Waals surface area contributed by atoms with Gasteiger partial charge in [-0.15, -0.1) is 0 Å².